The number of nitrogens with one attached hydrogen (secondary N) is 1. The number of amides is 2. The smallest absolute Gasteiger partial charge is 0.266 e. The van der Waals surface area contributed by atoms with E-state index in [4.69, 9.17) is 17.0 Å². The number of hydrogen-bond acceptors (Lipinski definition) is 5. The number of anilines is 1. The van der Waals surface area contributed by atoms with Gasteiger partial charge in [-0.1, -0.05) is 36.1 Å². The number of nitrogens with zero attached hydrogens (tertiary/aromatic N) is 1. The third kappa shape index (κ3) is 5.65. The molecule has 1 fully saturated rings. The van der Waals surface area contributed by atoms with Crippen molar-refractivity contribution in [2.75, 3.05) is 18.5 Å². The zero-order valence-corrected chi connectivity index (χ0v) is 17.3. The van der Waals surface area contributed by atoms with Crippen molar-refractivity contribution in [3.05, 3.63) is 64.8 Å². The Morgan fingerprint density at radius 1 is 1.21 bits per heavy atom. The maximum absolute atomic E-state index is 13.0. The molecule has 29 heavy (non-hydrogen) atoms. The molecule has 0 aromatic heterocycles. The molecule has 2 aromatic rings. The number of carbonyl (C=O) groups excluding carboxylic acids is 2. The van der Waals surface area contributed by atoms with Crippen LogP contribution in [-0.2, 0) is 9.59 Å². The highest BCUT2D eigenvalue weighted by atomic mass is 32.2. The van der Waals surface area contributed by atoms with E-state index < -0.39 is 0 Å². The first-order valence-corrected chi connectivity index (χ1v) is 10.2. The molecule has 150 valence electrons. The summed E-state index contributed by atoms with van der Waals surface area (Å²) >= 11 is 6.45. The summed E-state index contributed by atoms with van der Waals surface area (Å²) in [7, 11) is 0. The summed E-state index contributed by atoms with van der Waals surface area (Å²) in [6.45, 7) is 2.66. The highest BCUT2D eigenvalue weighted by molar-refractivity contribution is 8.26. The Morgan fingerprint density at radius 2 is 1.90 bits per heavy atom. The predicted molar refractivity (Wildman–Crippen MR) is 117 cm³/mol. The standard InChI is InChI=1S/C21H19FN2O3S2/c1-2-27-17-9-7-16(8-10-17)23-19(25)11-12-24-20(26)18(29-21(24)28)13-14-3-5-15(22)6-4-14/h3-10,13H,2,11-12H2,1H3,(H,23,25)/b18-13+. The minimum absolute atomic E-state index is 0.115. The van der Waals surface area contributed by atoms with Crippen LogP contribution in [0.2, 0.25) is 0 Å². The summed E-state index contributed by atoms with van der Waals surface area (Å²) in [4.78, 5) is 26.7. The van der Waals surface area contributed by atoms with E-state index in [2.05, 4.69) is 5.32 Å². The molecule has 3 rings (SSSR count). The molecule has 0 saturated carbocycles. The van der Waals surface area contributed by atoms with Crippen molar-refractivity contribution in [1.29, 1.82) is 0 Å². The van der Waals surface area contributed by atoms with Crippen LogP contribution in [0.5, 0.6) is 5.75 Å². The zero-order valence-electron chi connectivity index (χ0n) is 15.7. The summed E-state index contributed by atoms with van der Waals surface area (Å²) in [6, 6.07) is 12.9. The lowest BCUT2D eigenvalue weighted by molar-refractivity contribution is -0.122. The molecule has 0 radical (unpaired) electrons. The van der Waals surface area contributed by atoms with Crippen molar-refractivity contribution < 1.29 is 18.7 Å². The van der Waals surface area contributed by atoms with Gasteiger partial charge in [0.15, 0.2) is 0 Å². The lowest BCUT2D eigenvalue weighted by Gasteiger charge is -2.14. The molecule has 1 heterocycles. The fraction of sp³-hybridized carbons (Fsp3) is 0.190. The molecule has 1 aliphatic heterocycles. The average Bonchev–Trinajstić information content (AvgIpc) is 2.96. The quantitative estimate of drug-likeness (QED) is 0.519. The van der Waals surface area contributed by atoms with Crippen molar-refractivity contribution in [3.63, 3.8) is 0 Å². The van der Waals surface area contributed by atoms with E-state index in [0.29, 0.717) is 27.1 Å². The van der Waals surface area contributed by atoms with Crippen LogP contribution in [0, 0.1) is 5.82 Å². The number of halogens is 1. The van der Waals surface area contributed by atoms with Gasteiger partial charge in [0.25, 0.3) is 5.91 Å². The Labute approximate surface area is 177 Å². The first-order valence-electron chi connectivity index (χ1n) is 9.00. The van der Waals surface area contributed by atoms with Crippen LogP contribution in [0.25, 0.3) is 6.08 Å². The van der Waals surface area contributed by atoms with Crippen LogP contribution in [0.4, 0.5) is 10.1 Å². The zero-order chi connectivity index (χ0) is 20.8. The van der Waals surface area contributed by atoms with Crippen LogP contribution < -0.4 is 10.1 Å². The van der Waals surface area contributed by atoms with Crippen LogP contribution in [-0.4, -0.2) is 34.2 Å². The van der Waals surface area contributed by atoms with Crippen LogP contribution >= 0.6 is 24.0 Å². The second kappa shape index (κ2) is 9.67. The molecular formula is C21H19FN2O3S2. The van der Waals surface area contributed by atoms with Gasteiger partial charge in [0.1, 0.15) is 15.9 Å². The van der Waals surface area contributed by atoms with E-state index in [9.17, 15) is 14.0 Å². The lowest BCUT2D eigenvalue weighted by atomic mass is 10.2. The number of ether oxygens (including phenoxy) is 1. The van der Waals surface area contributed by atoms with Gasteiger partial charge in [-0.05, 0) is 55.0 Å². The Hall–Kier alpha value is -2.71. The predicted octanol–water partition coefficient (Wildman–Crippen LogP) is 4.45. The second-order valence-electron chi connectivity index (χ2n) is 6.14. The molecule has 2 amide bonds. The molecule has 0 aliphatic carbocycles. The average molecular weight is 431 g/mol. The molecule has 2 aromatic carbocycles. The number of thioether (sulfide) groups is 1. The summed E-state index contributed by atoms with van der Waals surface area (Å²) in [5.74, 6) is -0.0758. The van der Waals surface area contributed by atoms with Crippen LogP contribution in [0.3, 0.4) is 0 Å². The van der Waals surface area contributed by atoms with E-state index in [0.717, 1.165) is 5.75 Å². The maximum atomic E-state index is 13.0. The van der Waals surface area contributed by atoms with Gasteiger partial charge in [-0.15, -0.1) is 0 Å². The summed E-state index contributed by atoms with van der Waals surface area (Å²) in [6.07, 6.45) is 1.78. The number of benzene rings is 2. The van der Waals surface area contributed by atoms with Crippen molar-refractivity contribution in [1.82, 2.24) is 4.90 Å². The fourth-order valence-electron chi connectivity index (χ4n) is 2.64. The molecule has 5 nitrogen and oxygen atoms in total. The Kier molecular flexibility index (Phi) is 7.00. The van der Waals surface area contributed by atoms with E-state index in [1.165, 1.54) is 28.8 Å². The topological polar surface area (TPSA) is 58.6 Å². The highest BCUT2D eigenvalue weighted by Gasteiger charge is 2.32. The van der Waals surface area contributed by atoms with E-state index >= 15 is 0 Å². The first-order chi connectivity index (χ1) is 14.0. The van der Waals surface area contributed by atoms with Gasteiger partial charge in [-0.25, -0.2) is 4.39 Å². The third-order valence-corrected chi connectivity index (χ3v) is 5.43. The van der Waals surface area contributed by atoms with E-state index in [1.807, 2.05) is 6.92 Å². The Morgan fingerprint density at radius 3 is 2.55 bits per heavy atom. The molecule has 0 spiro atoms. The molecule has 8 heteroatoms. The molecular weight excluding hydrogens is 411 g/mol. The molecule has 0 bridgehead atoms. The monoisotopic (exact) mass is 430 g/mol. The van der Waals surface area contributed by atoms with Crippen LogP contribution in [0.15, 0.2) is 53.4 Å². The summed E-state index contributed by atoms with van der Waals surface area (Å²) < 4.78 is 18.8. The molecule has 0 unspecified atom stereocenters. The van der Waals surface area contributed by atoms with Crippen LogP contribution in [0.1, 0.15) is 18.9 Å². The highest BCUT2D eigenvalue weighted by Crippen LogP contribution is 2.32. The summed E-state index contributed by atoms with van der Waals surface area (Å²) in [5, 5.41) is 2.79. The van der Waals surface area contributed by atoms with Gasteiger partial charge in [-0.3, -0.25) is 14.5 Å². The molecule has 1 N–H and O–H groups in total. The number of carbonyl (C=O) groups is 2. The van der Waals surface area contributed by atoms with Gasteiger partial charge in [0.05, 0.1) is 11.5 Å². The van der Waals surface area contributed by atoms with Gasteiger partial charge in [0.2, 0.25) is 5.91 Å². The minimum atomic E-state index is -0.340. The van der Waals surface area contributed by atoms with Gasteiger partial charge in [-0.2, -0.15) is 0 Å². The van der Waals surface area contributed by atoms with Gasteiger partial charge < -0.3 is 10.1 Å². The molecule has 1 saturated heterocycles. The van der Waals surface area contributed by atoms with E-state index in [-0.39, 0.29) is 30.6 Å². The Bertz CT molecular complexity index is 943. The minimum Gasteiger partial charge on any atom is -0.494 e. The largest absolute Gasteiger partial charge is 0.494 e. The number of hydrogen-bond donors (Lipinski definition) is 1. The van der Waals surface area contributed by atoms with Crippen molar-refractivity contribution in [2.45, 2.75) is 13.3 Å². The van der Waals surface area contributed by atoms with E-state index in [1.54, 1.807) is 42.5 Å². The normalized spacial score (nSPS) is 15.1. The number of thiocarbonyl (C=S) groups is 1. The van der Waals surface area contributed by atoms with Gasteiger partial charge >= 0.3 is 0 Å². The molecule has 0 atom stereocenters. The van der Waals surface area contributed by atoms with Gasteiger partial charge in [0, 0.05) is 18.7 Å². The third-order valence-electron chi connectivity index (χ3n) is 4.05. The van der Waals surface area contributed by atoms with Crippen molar-refractivity contribution in [2.24, 2.45) is 0 Å². The molecule has 1 aliphatic rings. The second-order valence-corrected chi connectivity index (χ2v) is 7.82. The van der Waals surface area contributed by atoms with Crippen molar-refractivity contribution >= 4 is 51.9 Å². The number of rotatable bonds is 7. The summed E-state index contributed by atoms with van der Waals surface area (Å²) in [5.41, 5.74) is 1.36. The first kappa shape index (κ1) is 21.0. The van der Waals surface area contributed by atoms with Crippen molar-refractivity contribution in [3.8, 4) is 5.75 Å². The SMILES string of the molecule is CCOc1ccc(NC(=O)CCN2C(=O)/C(=C\c3ccc(F)cc3)SC2=S)cc1. The maximum Gasteiger partial charge on any atom is 0.266 e. The Balaban J connectivity index is 1.55. The fourth-order valence-corrected chi connectivity index (χ4v) is 3.95. The lowest BCUT2D eigenvalue weighted by Crippen LogP contribution is -2.31.